The standard InChI is InChI=1S/C25H32ClFN2O5/c26-22-6-5-21(15-23(22)27)34-18-25(31)17-29(8-7-24(25)30)16-19-1-3-20(4-2-19)33-14-11-28-9-12-32-13-10-28/h1-6,15,24,30-31H,7-14,16-18H2/t24-,25-/m0/s1. The minimum absolute atomic E-state index is 0.00320. The summed E-state index contributed by atoms with van der Waals surface area (Å²) in [6.07, 6.45) is -0.513. The quantitative estimate of drug-likeness (QED) is 0.555. The first-order chi connectivity index (χ1) is 16.4. The van der Waals surface area contributed by atoms with Gasteiger partial charge in [-0.2, -0.15) is 0 Å². The van der Waals surface area contributed by atoms with Gasteiger partial charge in [0.05, 0.1) is 24.3 Å². The van der Waals surface area contributed by atoms with Gasteiger partial charge >= 0.3 is 0 Å². The van der Waals surface area contributed by atoms with E-state index in [0.29, 0.717) is 26.1 Å². The van der Waals surface area contributed by atoms with E-state index in [1.807, 2.05) is 24.3 Å². The Morgan fingerprint density at radius 2 is 1.76 bits per heavy atom. The summed E-state index contributed by atoms with van der Waals surface area (Å²) in [5, 5.41) is 21.5. The fourth-order valence-corrected chi connectivity index (χ4v) is 4.38. The fraction of sp³-hybridized carbons (Fsp3) is 0.520. The Morgan fingerprint density at radius 3 is 2.50 bits per heavy atom. The lowest BCUT2D eigenvalue weighted by atomic mass is 9.90. The van der Waals surface area contributed by atoms with Crippen molar-refractivity contribution in [2.45, 2.75) is 24.7 Å². The Labute approximate surface area is 204 Å². The van der Waals surface area contributed by atoms with Gasteiger partial charge in [-0.25, -0.2) is 4.39 Å². The van der Waals surface area contributed by atoms with Gasteiger partial charge in [-0.05, 0) is 36.2 Å². The van der Waals surface area contributed by atoms with E-state index in [2.05, 4.69) is 9.80 Å². The van der Waals surface area contributed by atoms with Crippen molar-refractivity contribution in [2.75, 3.05) is 59.2 Å². The van der Waals surface area contributed by atoms with Crippen molar-refractivity contribution in [3.8, 4) is 11.5 Å². The molecule has 2 aliphatic heterocycles. The smallest absolute Gasteiger partial charge is 0.145 e. The maximum Gasteiger partial charge on any atom is 0.145 e. The first kappa shape index (κ1) is 25.2. The number of piperidine rings is 1. The monoisotopic (exact) mass is 494 g/mol. The Kier molecular flexibility index (Phi) is 8.63. The third-order valence-electron chi connectivity index (χ3n) is 6.33. The van der Waals surface area contributed by atoms with Crippen molar-refractivity contribution in [1.82, 2.24) is 9.80 Å². The molecule has 2 heterocycles. The number of likely N-dealkylation sites (tertiary alicyclic amines) is 1. The Bertz CT molecular complexity index is 928. The molecule has 9 heteroatoms. The largest absolute Gasteiger partial charge is 0.492 e. The molecule has 2 atom stereocenters. The molecule has 2 aliphatic rings. The Morgan fingerprint density at radius 1 is 1.03 bits per heavy atom. The van der Waals surface area contributed by atoms with Crippen molar-refractivity contribution in [3.05, 3.63) is 58.9 Å². The van der Waals surface area contributed by atoms with Gasteiger partial charge in [0.1, 0.15) is 36.1 Å². The number of ether oxygens (including phenoxy) is 3. The van der Waals surface area contributed by atoms with Crippen molar-refractivity contribution in [2.24, 2.45) is 0 Å². The highest BCUT2D eigenvalue weighted by atomic mass is 35.5. The molecule has 2 saturated heterocycles. The number of β-amino-alcohol motifs (C(OH)–C–C–N with tert-alkyl or cyclic N) is 1. The van der Waals surface area contributed by atoms with Crippen LogP contribution in [0, 0.1) is 5.82 Å². The average Bonchev–Trinajstić information content (AvgIpc) is 2.84. The molecule has 2 aromatic carbocycles. The second-order valence-electron chi connectivity index (χ2n) is 8.93. The van der Waals surface area contributed by atoms with Crippen LogP contribution in [0.4, 0.5) is 4.39 Å². The number of hydrogen-bond acceptors (Lipinski definition) is 7. The number of hydrogen-bond donors (Lipinski definition) is 2. The summed E-state index contributed by atoms with van der Waals surface area (Å²) in [6.45, 7) is 6.32. The van der Waals surface area contributed by atoms with Crippen LogP contribution in [0.3, 0.4) is 0 Å². The lowest BCUT2D eigenvalue weighted by Gasteiger charge is -2.42. The van der Waals surface area contributed by atoms with Crippen molar-refractivity contribution in [1.29, 1.82) is 0 Å². The molecule has 0 spiro atoms. The zero-order valence-electron chi connectivity index (χ0n) is 19.2. The van der Waals surface area contributed by atoms with Crippen LogP contribution in [0.1, 0.15) is 12.0 Å². The predicted molar refractivity (Wildman–Crippen MR) is 127 cm³/mol. The maximum atomic E-state index is 13.7. The summed E-state index contributed by atoms with van der Waals surface area (Å²) in [6, 6.07) is 12.0. The van der Waals surface area contributed by atoms with Gasteiger partial charge in [0.25, 0.3) is 0 Å². The molecule has 0 amide bonds. The van der Waals surface area contributed by atoms with Crippen LogP contribution in [0.15, 0.2) is 42.5 Å². The third-order valence-corrected chi connectivity index (χ3v) is 6.63. The van der Waals surface area contributed by atoms with Crippen molar-refractivity contribution >= 4 is 11.6 Å². The molecule has 2 N–H and O–H groups in total. The number of rotatable bonds is 9. The van der Waals surface area contributed by atoms with Crippen molar-refractivity contribution in [3.63, 3.8) is 0 Å². The van der Waals surface area contributed by atoms with E-state index < -0.39 is 17.5 Å². The second kappa shape index (κ2) is 11.7. The normalized spacial score (nSPS) is 24.2. The van der Waals surface area contributed by atoms with Crippen LogP contribution in [0.5, 0.6) is 11.5 Å². The highest BCUT2D eigenvalue weighted by Gasteiger charge is 2.42. The van der Waals surface area contributed by atoms with Gasteiger partial charge in [-0.15, -0.1) is 0 Å². The highest BCUT2D eigenvalue weighted by molar-refractivity contribution is 6.30. The third kappa shape index (κ3) is 6.81. The van der Waals surface area contributed by atoms with E-state index in [1.54, 1.807) is 0 Å². The summed E-state index contributed by atoms with van der Waals surface area (Å²) >= 11 is 5.70. The summed E-state index contributed by atoms with van der Waals surface area (Å²) < 4.78 is 30.5. The predicted octanol–water partition coefficient (Wildman–Crippen LogP) is 2.57. The summed E-state index contributed by atoms with van der Waals surface area (Å²) in [4.78, 5) is 4.41. The van der Waals surface area contributed by atoms with Crippen LogP contribution < -0.4 is 9.47 Å². The minimum atomic E-state index is -1.46. The molecule has 34 heavy (non-hydrogen) atoms. The number of nitrogens with zero attached hydrogens (tertiary/aromatic N) is 2. The van der Waals surface area contributed by atoms with Gasteiger partial charge in [0, 0.05) is 45.3 Å². The van der Waals surface area contributed by atoms with E-state index in [0.717, 1.165) is 44.2 Å². The summed E-state index contributed by atoms with van der Waals surface area (Å²) in [7, 11) is 0. The van der Waals surface area contributed by atoms with E-state index in [-0.39, 0.29) is 23.9 Å². The van der Waals surface area contributed by atoms with Gasteiger partial charge < -0.3 is 24.4 Å². The molecule has 4 rings (SSSR count). The maximum absolute atomic E-state index is 13.7. The summed E-state index contributed by atoms with van der Waals surface area (Å²) in [5.74, 6) is 0.487. The Balaban J connectivity index is 1.26. The molecule has 0 aromatic heterocycles. The van der Waals surface area contributed by atoms with Crippen LogP contribution in [0.25, 0.3) is 0 Å². The number of morpholine rings is 1. The topological polar surface area (TPSA) is 74.6 Å². The first-order valence-electron chi connectivity index (χ1n) is 11.6. The van der Waals surface area contributed by atoms with Gasteiger partial charge in [0.2, 0.25) is 0 Å². The first-order valence-corrected chi connectivity index (χ1v) is 12.0. The fourth-order valence-electron chi connectivity index (χ4n) is 4.26. The molecule has 7 nitrogen and oxygen atoms in total. The van der Waals surface area contributed by atoms with Crippen LogP contribution in [0.2, 0.25) is 5.02 Å². The molecule has 2 aromatic rings. The number of halogens is 2. The lowest BCUT2D eigenvalue weighted by Crippen LogP contribution is -2.59. The molecule has 0 unspecified atom stereocenters. The van der Waals surface area contributed by atoms with E-state index in [1.165, 1.54) is 18.2 Å². The van der Waals surface area contributed by atoms with Gasteiger partial charge in [0.15, 0.2) is 0 Å². The molecule has 0 radical (unpaired) electrons. The second-order valence-corrected chi connectivity index (χ2v) is 9.34. The highest BCUT2D eigenvalue weighted by Crippen LogP contribution is 2.26. The molecular formula is C25H32ClFN2O5. The number of aliphatic hydroxyl groups is 2. The lowest BCUT2D eigenvalue weighted by molar-refractivity contribution is -0.140. The molecule has 0 saturated carbocycles. The van der Waals surface area contributed by atoms with E-state index in [9.17, 15) is 14.6 Å². The minimum Gasteiger partial charge on any atom is -0.492 e. The number of benzene rings is 2. The van der Waals surface area contributed by atoms with Gasteiger partial charge in [-0.1, -0.05) is 23.7 Å². The van der Waals surface area contributed by atoms with Crippen LogP contribution >= 0.6 is 11.6 Å². The van der Waals surface area contributed by atoms with Crippen molar-refractivity contribution < 1.29 is 28.8 Å². The van der Waals surface area contributed by atoms with Crippen LogP contribution in [-0.2, 0) is 11.3 Å². The molecule has 0 bridgehead atoms. The molecular weight excluding hydrogens is 463 g/mol. The SMILES string of the molecule is O[C@H]1CCN(Cc2ccc(OCCN3CCOCC3)cc2)C[C@]1(O)COc1ccc(Cl)c(F)c1. The van der Waals surface area contributed by atoms with E-state index in [4.69, 9.17) is 25.8 Å². The molecule has 2 fully saturated rings. The molecule has 186 valence electrons. The van der Waals surface area contributed by atoms with Gasteiger partial charge in [-0.3, -0.25) is 9.80 Å². The zero-order valence-corrected chi connectivity index (χ0v) is 19.9. The zero-order chi connectivity index (χ0) is 24.0. The average molecular weight is 495 g/mol. The number of aliphatic hydroxyl groups excluding tert-OH is 1. The van der Waals surface area contributed by atoms with Crippen LogP contribution in [-0.4, -0.2) is 90.9 Å². The Hall–Kier alpha value is -1.94. The summed E-state index contributed by atoms with van der Waals surface area (Å²) in [5.41, 5.74) is -0.378. The molecule has 0 aliphatic carbocycles. The van der Waals surface area contributed by atoms with E-state index >= 15 is 0 Å².